The predicted octanol–water partition coefficient (Wildman–Crippen LogP) is 3.35. The Morgan fingerprint density at radius 2 is 1.94 bits per heavy atom. The van der Waals surface area contributed by atoms with E-state index in [1.165, 1.54) is 3.57 Å². The molecule has 0 aliphatic rings. The molecule has 0 aliphatic carbocycles. The van der Waals surface area contributed by atoms with E-state index in [0.29, 0.717) is 0 Å². The summed E-state index contributed by atoms with van der Waals surface area (Å²) in [6.07, 6.45) is 1.37. The van der Waals surface area contributed by atoms with Crippen LogP contribution >= 0.6 is 22.6 Å². The number of ether oxygens (including phenoxy) is 1. The maximum Gasteiger partial charge on any atom is 0.171 e. The van der Waals surface area contributed by atoms with E-state index in [1.807, 2.05) is 43.3 Å². The highest BCUT2D eigenvalue weighted by molar-refractivity contribution is 14.1. The number of furan rings is 1. The highest BCUT2D eigenvalue weighted by Crippen LogP contribution is 2.25. The summed E-state index contributed by atoms with van der Waals surface area (Å²) in [7, 11) is 0. The molecule has 2 N–H and O–H groups in total. The van der Waals surface area contributed by atoms with Gasteiger partial charge in [0.2, 0.25) is 0 Å². The van der Waals surface area contributed by atoms with Crippen molar-refractivity contribution in [3.05, 3.63) is 52.0 Å². The molecule has 1 aromatic carbocycles. The van der Waals surface area contributed by atoms with Crippen LogP contribution in [0.15, 0.2) is 47.1 Å². The molecule has 2 atom stereocenters. The Hall–Kier alpha value is -1.01. The quantitative estimate of drug-likeness (QED) is 0.866. The Balaban J connectivity index is 2.16. The number of rotatable bonds is 4. The molecule has 2 aromatic rings. The summed E-state index contributed by atoms with van der Waals surface area (Å²) in [6.45, 7) is 1.90. The van der Waals surface area contributed by atoms with Gasteiger partial charge < -0.3 is 14.9 Å². The number of benzene rings is 1. The van der Waals surface area contributed by atoms with Crippen molar-refractivity contribution in [3.63, 3.8) is 0 Å². The molecule has 1 aromatic heterocycles. The lowest BCUT2D eigenvalue weighted by atomic mass is 10.1. The second-order valence-corrected chi connectivity index (χ2v) is 5.11. The Labute approximate surface area is 114 Å². The number of halogens is 1. The van der Waals surface area contributed by atoms with Crippen molar-refractivity contribution in [2.45, 2.75) is 19.1 Å². The minimum Gasteiger partial charge on any atom is -0.481 e. The summed E-state index contributed by atoms with van der Waals surface area (Å²) in [5, 5.41) is 0. The molecule has 0 spiro atoms. The summed E-state index contributed by atoms with van der Waals surface area (Å²) in [5.41, 5.74) is 5.92. The van der Waals surface area contributed by atoms with Crippen LogP contribution in [0.1, 0.15) is 18.8 Å². The van der Waals surface area contributed by atoms with Gasteiger partial charge in [-0.25, -0.2) is 0 Å². The number of hydrogen-bond acceptors (Lipinski definition) is 3. The molecule has 17 heavy (non-hydrogen) atoms. The summed E-state index contributed by atoms with van der Waals surface area (Å²) in [5.74, 6) is 1.54. The van der Waals surface area contributed by atoms with E-state index in [0.717, 1.165) is 11.5 Å². The summed E-state index contributed by atoms with van der Waals surface area (Å²) in [6, 6.07) is 11.4. The first kappa shape index (κ1) is 12.4. The molecule has 0 aliphatic heterocycles. The van der Waals surface area contributed by atoms with Crippen LogP contribution in [-0.2, 0) is 0 Å². The van der Waals surface area contributed by atoms with E-state index >= 15 is 0 Å². The van der Waals surface area contributed by atoms with Crippen LogP contribution in [0.2, 0.25) is 0 Å². The second kappa shape index (κ2) is 5.55. The van der Waals surface area contributed by atoms with E-state index < -0.39 is 0 Å². The lowest BCUT2D eigenvalue weighted by molar-refractivity contribution is 0.153. The number of hydrogen-bond donors (Lipinski definition) is 1. The maximum absolute atomic E-state index is 5.92. The van der Waals surface area contributed by atoms with Gasteiger partial charge in [0.15, 0.2) is 6.10 Å². The van der Waals surface area contributed by atoms with Gasteiger partial charge in [0.25, 0.3) is 0 Å². The summed E-state index contributed by atoms with van der Waals surface area (Å²) in [4.78, 5) is 0. The van der Waals surface area contributed by atoms with Crippen molar-refractivity contribution in [2.75, 3.05) is 0 Å². The normalized spacial score (nSPS) is 14.3. The third kappa shape index (κ3) is 3.23. The molecule has 2 unspecified atom stereocenters. The van der Waals surface area contributed by atoms with Gasteiger partial charge >= 0.3 is 0 Å². The smallest absolute Gasteiger partial charge is 0.171 e. The van der Waals surface area contributed by atoms with Crippen molar-refractivity contribution < 1.29 is 9.15 Å². The molecule has 0 radical (unpaired) electrons. The van der Waals surface area contributed by atoms with Crippen LogP contribution < -0.4 is 10.5 Å². The average molecular weight is 343 g/mol. The molecular weight excluding hydrogens is 329 g/mol. The van der Waals surface area contributed by atoms with Crippen molar-refractivity contribution in [2.24, 2.45) is 5.73 Å². The van der Waals surface area contributed by atoms with Crippen molar-refractivity contribution in [1.29, 1.82) is 0 Å². The molecule has 90 valence electrons. The first-order valence-electron chi connectivity index (χ1n) is 5.38. The average Bonchev–Trinajstić information content (AvgIpc) is 2.81. The van der Waals surface area contributed by atoms with Gasteiger partial charge in [-0.2, -0.15) is 0 Å². The minimum atomic E-state index is -0.259. The second-order valence-electron chi connectivity index (χ2n) is 3.87. The van der Waals surface area contributed by atoms with Crippen LogP contribution in [0.5, 0.6) is 5.75 Å². The van der Waals surface area contributed by atoms with Crippen molar-refractivity contribution >= 4 is 22.6 Å². The first-order valence-corrected chi connectivity index (χ1v) is 6.46. The minimum absolute atomic E-state index is 0.138. The molecule has 0 saturated heterocycles. The van der Waals surface area contributed by atoms with Crippen LogP contribution in [0.25, 0.3) is 0 Å². The maximum atomic E-state index is 5.92. The fourth-order valence-corrected chi connectivity index (χ4v) is 1.90. The molecule has 0 saturated carbocycles. The third-order valence-electron chi connectivity index (χ3n) is 2.38. The summed E-state index contributed by atoms with van der Waals surface area (Å²) < 4.78 is 12.4. The van der Waals surface area contributed by atoms with Crippen LogP contribution in [0.4, 0.5) is 0 Å². The lowest BCUT2D eigenvalue weighted by Crippen LogP contribution is -2.28. The van der Waals surface area contributed by atoms with Gasteiger partial charge in [0.05, 0.1) is 6.26 Å². The zero-order chi connectivity index (χ0) is 12.3. The van der Waals surface area contributed by atoms with E-state index in [1.54, 1.807) is 6.26 Å². The third-order valence-corrected chi connectivity index (χ3v) is 3.10. The monoisotopic (exact) mass is 343 g/mol. The van der Waals surface area contributed by atoms with E-state index in [4.69, 9.17) is 14.9 Å². The van der Waals surface area contributed by atoms with Gasteiger partial charge in [0, 0.05) is 9.61 Å². The lowest BCUT2D eigenvalue weighted by Gasteiger charge is -2.20. The standard InChI is InChI=1S/C13H14INO2/c1-9(15)13(12-3-2-8-16-12)17-11-6-4-10(14)5-7-11/h2-9,13H,15H2,1H3. The zero-order valence-corrected chi connectivity index (χ0v) is 11.6. The fourth-order valence-electron chi connectivity index (χ4n) is 1.54. The predicted molar refractivity (Wildman–Crippen MR) is 74.9 cm³/mol. The molecule has 1 heterocycles. The summed E-state index contributed by atoms with van der Waals surface area (Å²) >= 11 is 2.26. The van der Waals surface area contributed by atoms with E-state index in [2.05, 4.69) is 22.6 Å². The van der Waals surface area contributed by atoms with Crippen molar-refractivity contribution in [3.8, 4) is 5.75 Å². The van der Waals surface area contributed by atoms with Crippen LogP contribution in [0.3, 0.4) is 0 Å². The van der Waals surface area contributed by atoms with E-state index in [9.17, 15) is 0 Å². The van der Waals surface area contributed by atoms with Crippen LogP contribution in [-0.4, -0.2) is 6.04 Å². The zero-order valence-electron chi connectivity index (χ0n) is 9.47. The molecule has 0 bridgehead atoms. The fraction of sp³-hybridized carbons (Fsp3) is 0.231. The Morgan fingerprint density at radius 3 is 2.47 bits per heavy atom. The molecular formula is C13H14INO2. The highest BCUT2D eigenvalue weighted by atomic mass is 127. The molecule has 4 heteroatoms. The number of nitrogens with two attached hydrogens (primary N) is 1. The van der Waals surface area contributed by atoms with Gasteiger partial charge in [-0.1, -0.05) is 0 Å². The van der Waals surface area contributed by atoms with Gasteiger partial charge in [-0.05, 0) is 65.9 Å². The molecule has 2 rings (SSSR count). The van der Waals surface area contributed by atoms with Gasteiger partial charge in [0.1, 0.15) is 11.5 Å². The van der Waals surface area contributed by atoms with E-state index in [-0.39, 0.29) is 12.1 Å². The Kier molecular flexibility index (Phi) is 4.06. The Morgan fingerprint density at radius 1 is 1.24 bits per heavy atom. The largest absolute Gasteiger partial charge is 0.481 e. The SMILES string of the molecule is CC(N)C(Oc1ccc(I)cc1)c1ccco1. The van der Waals surface area contributed by atoms with Crippen LogP contribution in [0, 0.1) is 3.57 Å². The highest BCUT2D eigenvalue weighted by Gasteiger charge is 2.20. The first-order chi connectivity index (χ1) is 8.16. The topological polar surface area (TPSA) is 48.4 Å². The van der Waals surface area contributed by atoms with Crippen molar-refractivity contribution in [1.82, 2.24) is 0 Å². The Bertz CT molecular complexity index is 451. The van der Waals surface area contributed by atoms with Gasteiger partial charge in [-0.15, -0.1) is 0 Å². The van der Waals surface area contributed by atoms with Gasteiger partial charge in [-0.3, -0.25) is 0 Å². The molecule has 0 amide bonds. The molecule has 0 fully saturated rings. The molecule has 3 nitrogen and oxygen atoms in total.